The molecule has 5 heteroatoms. The highest BCUT2D eigenvalue weighted by Crippen LogP contribution is 2.20. The molecule has 3 rings (SSSR count). The summed E-state index contributed by atoms with van der Waals surface area (Å²) >= 11 is 0. The molecule has 1 aliphatic heterocycles. The lowest BCUT2D eigenvalue weighted by Gasteiger charge is -2.26. The van der Waals surface area contributed by atoms with Crippen molar-refractivity contribution in [1.82, 2.24) is 4.90 Å². The van der Waals surface area contributed by atoms with Crippen molar-refractivity contribution in [3.63, 3.8) is 0 Å². The standard InChI is InChI=1S/C24H27NO4/c1-18(24(28)29-16-8-15-25-14-6-5-13-22(25)26)20-11-7-12-21(17-20)23(27)19-9-3-2-4-10-19/h2-4,7,9-12,17-18H,5-6,8,13-16H2,1H3. The number of ether oxygens (including phenoxy) is 1. The zero-order chi connectivity index (χ0) is 20.6. The molecule has 0 N–H and O–H groups in total. The Morgan fingerprint density at radius 3 is 2.55 bits per heavy atom. The fourth-order valence-corrected chi connectivity index (χ4v) is 3.49. The predicted octanol–water partition coefficient (Wildman–Crippen LogP) is 3.97. The van der Waals surface area contributed by atoms with Crippen LogP contribution in [-0.2, 0) is 14.3 Å². The lowest BCUT2D eigenvalue weighted by molar-refractivity contribution is -0.145. The fraction of sp³-hybridized carbons (Fsp3) is 0.375. The Balaban J connectivity index is 1.53. The summed E-state index contributed by atoms with van der Waals surface area (Å²) in [5.74, 6) is -0.663. The van der Waals surface area contributed by atoms with Crippen LogP contribution >= 0.6 is 0 Å². The van der Waals surface area contributed by atoms with Gasteiger partial charge in [0.05, 0.1) is 12.5 Å². The number of carbonyl (C=O) groups excluding carboxylic acids is 3. The molecule has 0 spiro atoms. The average molecular weight is 393 g/mol. The summed E-state index contributed by atoms with van der Waals surface area (Å²) in [6.07, 6.45) is 3.26. The monoisotopic (exact) mass is 393 g/mol. The van der Waals surface area contributed by atoms with Crippen LogP contribution in [0.2, 0.25) is 0 Å². The van der Waals surface area contributed by atoms with E-state index in [-0.39, 0.29) is 24.3 Å². The first-order valence-corrected chi connectivity index (χ1v) is 10.2. The number of carbonyl (C=O) groups is 3. The van der Waals surface area contributed by atoms with Crippen molar-refractivity contribution in [3.05, 3.63) is 71.3 Å². The largest absolute Gasteiger partial charge is 0.465 e. The smallest absolute Gasteiger partial charge is 0.313 e. The van der Waals surface area contributed by atoms with Crippen LogP contribution < -0.4 is 0 Å². The van der Waals surface area contributed by atoms with E-state index in [0.29, 0.717) is 30.5 Å². The van der Waals surface area contributed by atoms with Crippen molar-refractivity contribution in [2.24, 2.45) is 0 Å². The molecule has 0 aromatic heterocycles. The first kappa shape index (κ1) is 20.8. The van der Waals surface area contributed by atoms with Crippen molar-refractivity contribution in [3.8, 4) is 0 Å². The molecule has 1 atom stereocenters. The van der Waals surface area contributed by atoms with Crippen molar-refractivity contribution in [2.75, 3.05) is 19.7 Å². The summed E-state index contributed by atoms with van der Waals surface area (Å²) < 4.78 is 5.41. The van der Waals surface area contributed by atoms with Gasteiger partial charge < -0.3 is 9.64 Å². The molecule has 0 aliphatic carbocycles. The second-order valence-corrected chi connectivity index (χ2v) is 7.40. The molecule has 1 heterocycles. The predicted molar refractivity (Wildman–Crippen MR) is 111 cm³/mol. The number of hydrogen-bond acceptors (Lipinski definition) is 4. The summed E-state index contributed by atoms with van der Waals surface area (Å²) in [5.41, 5.74) is 1.92. The number of nitrogens with zero attached hydrogens (tertiary/aromatic N) is 1. The van der Waals surface area contributed by atoms with Crippen LogP contribution in [0.25, 0.3) is 0 Å². The van der Waals surface area contributed by atoms with Crippen molar-refractivity contribution < 1.29 is 19.1 Å². The van der Waals surface area contributed by atoms with Gasteiger partial charge in [-0.25, -0.2) is 0 Å². The topological polar surface area (TPSA) is 63.7 Å². The van der Waals surface area contributed by atoms with Gasteiger partial charge in [-0.05, 0) is 37.8 Å². The van der Waals surface area contributed by atoms with E-state index in [2.05, 4.69) is 0 Å². The van der Waals surface area contributed by atoms with E-state index < -0.39 is 5.92 Å². The Bertz CT molecular complexity index is 862. The number of esters is 1. The SMILES string of the molecule is CC(C(=O)OCCCN1CCCCC1=O)c1cccc(C(=O)c2ccccc2)c1. The zero-order valence-corrected chi connectivity index (χ0v) is 16.8. The second-order valence-electron chi connectivity index (χ2n) is 7.40. The van der Waals surface area contributed by atoms with Gasteiger partial charge in [0.1, 0.15) is 0 Å². The van der Waals surface area contributed by atoms with E-state index in [9.17, 15) is 14.4 Å². The number of amides is 1. The van der Waals surface area contributed by atoms with Gasteiger partial charge in [-0.3, -0.25) is 14.4 Å². The highest BCUT2D eigenvalue weighted by molar-refractivity contribution is 6.09. The Morgan fingerprint density at radius 1 is 1.03 bits per heavy atom. The van der Waals surface area contributed by atoms with Gasteiger partial charge in [0, 0.05) is 30.6 Å². The Labute approximate surface area is 171 Å². The summed E-state index contributed by atoms with van der Waals surface area (Å²) in [6, 6.07) is 16.2. The van der Waals surface area contributed by atoms with E-state index in [1.54, 1.807) is 37.3 Å². The number of rotatable bonds is 8. The molecule has 5 nitrogen and oxygen atoms in total. The molecule has 2 aromatic carbocycles. The highest BCUT2D eigenvalue weighted by Gasteiger charge is 2.20. The van der Waals surface area contributed by atoms with E-state index in [1.165, 1.54) is 0 Å². The van der Waals surface area contributed by atoms with Crippen LogP contribution in [0.3, 0.4) is 0 Å². The maximum Gasteiger partial charge on any atom is 0.313 e. The summed E-state index contributed by atoms with van der Waals surface area (Å²) in [7, 11) is 0. The summed E-state index contributed by atoms with van der Waals surface area (Å²) in [4.78, 5) is 38.7. The van der Waals surface area contributed by atoms with Gasteiger partial charge in [0.15, 0.2) is 5.78 Å². The molecule has 0 radical (unpaired) electrons. The van der Waals surface area contributed by atoms with Crippen LogP contribution in [0.15, 0.2) is 54.6 Å². The van der Waals surface area contributed by atoms with Crippen molar-refractivity contribution >= 4 is 17.7 Å². The minimum absolute atomic E-state index is 0.0702. The Morgan fingerprint density at radius 2 is 1.79 bits per heavy atom. The highest BCUT2D eigenvalue weighted by atomic mass is 16.5. The van der Waals surface area contributed by atoms with Gasteiger partial charge in [-0.1, -0.05) is 48.5 Å². The lowest BCUT2D eigenvalue weighted by atomic mass is 9.96. The van der Waals surface area contributed by atoms with Gasteiger partial charge >= 0.3 is 5.97 Å². The number of benzene rings is 2. The van der Waals surface area contributed by atoms with E-state index in [0.717, 1.165) is 24.9 Å². The minimum Gasteiger partial charge on any atom is -0.465 e. The molecule has 2 aromatic rings. The Kier molecular flexibility index (Phi) is 7.17. The normalized spacial score (nSPS) is 15.1. The first-order valence-electron chi connectivity index (χ1n) is 10.2. The third-order valence-electron chi connectivity index (χ3n) is 5.28. The molecule has 1 aliphatic rings. The van der Waals surface area contributed by atoms with Crippen molar-refractivity contribution in [1.29, 1.82) is 0 Å². The van der Waals surface area contributed by atoms with Gasteiger partial charge in [-0.2, -0.15) is 0 Å². The van der Waals surface area contributed by atoms with Crippen LogP contribution in [0.1, 0.15) is 60.0 Å². The van der Waals surface area contributed by atoms with Gasteiger partial charge in [-0.15, -0.1) is 0 Å². The minimum atomic E-state index is -0.463. The molecular weight excluding hydrogens is 366 g/mol. The zero-order valence-electron chi connectivity index (χ0n) is 16.8. The van der Waals surface area contributed by atoms with E-state index in [1.807, 2.05) is 29.2 Å². The lowest BCUT2D eigenvalue weighted by Crippen LogP contribution is -2.36. The van der Waals surface area contributed by atoms with Crippen LogP contribution in [0, 0.1) is 0 Å². The van der Waals surface area contributed by atoms with Gasteiger partial charge in [0.2, 0.25) is 5.91 Å². The number of likely N-dealkylation sites (tertiary alicyclic amines) is 1. The molecule has 0 saturated carbocycles. The third-order valence-corrected chi connectivity index (χ3v) is 5.28. The van der Waals surface area contributed by atoms with Crippen LogP contribution in [-0.4, -0.2) is 42.3 Å². The van der Waals surface area contributed by atoms with E-state index in [4.69, 9.17) is 4.74 Å². The van der Waals surface area contributed by atoms with E-state index >= 15 is 0 Å². The molecule has 1 unspecified atom stereocenters. The number of ketones is 1. The van der Waals surface area contributed by atoms with Gasteiger partial charge in [0.25, 0.3) is 0 Å². The maximum absolute atomic E-state index is 12.6. The first-order chi connectivity index (χ1) is 14.1. The fourth-order valence-electron chi connectivity index (χ4n) is 3.49. The van der Waals surface area contributed by atoms with Crippen molar-refractivity contribution in [2.45, 2.75) is 38.5 Å². The summed E-state index contributed by atoms with van der Waals surface area (Å²) in [5, 5.41) is 0. The quantitative estimate of drug-likeness (QED) is 0.387. The van der Waals surface area contributed by atoms with Crippen LogP contribution in [0.5, 0.6) is 0 Å². The molecule has 1 saturated heterocycles. The molecular formula is C24H27NO4. The third kappa shape index (κ3) is 5.53. The second kappa shape index (κ2) is 10.0. The molecule has 0 bridgehead atoms. The van der Waals surface area contributed by atoms with Crippen LogP contribution in [0.4, 0.5) is 0 Å². The average Bonchev–Trinajstić information content (AvgIpc) is 2.77. The molecule has 1 fully saturated rings. The Hall–Kier alpha value is -2.95. The molecule has 1 amide bonds. The summed E-state index contributed by atoms with van der Waals surface area (Å²) in [6.45, 7) is 3.49. The number of hydrogen-bond donors (Lipinski definition) is 0. The number of piperidine rings is 1. The molecule has 29 heavy (non-hydrogen) atoms. The maximum atomic E-state index is 12.6. The molecule has 152 valence electrons.